The Labute approximate surface area is 175 Å². The predicted molar refractivity (Wildman–Crippen MR) is 114 cm³/mol. The molecule has 1 saturated heterocycles. The van der Waals surface area contributed by atoms with Crippen LogP contribution in [0, 0.1) is 0 Å². The van der Waals surface area contributed by atoms with Gasteiger partial charge in [0.2, 0.25) is 0 Å². The molecule has 7 heteroatoms. The van der Waals surface area contributed by atoms with Crippen LogP contribution in [0.25, 0.3) is 0 Å². The zero-order valence-corrected chi connectivity index (χ0v) is 16.7. The summed E-state index contributed by atoms with van der Waals surface area (Å²) in [6.45, 7) is 2.37. The zero-order valence-electron chi connectivity index (χ0n) is 16.7. The Morgan fingerprint density at radius 2 is 1.70 bits per heavy atom. The Balaban J connectivity index is 1.40. The molecule has 4 rings (SSSR count). The number of hydrazone groups is 1. The van der Waals surface area contributed by atoms with Crippen LogP contribution < -0.4 is 5.32 Å². The highest BCUT2D eigenvalue weighted by molar-refractivity contribution is 6.07. The molecule has 0 unspecified atom stereocenters. The van der Waals surface area contributed by atoms with Crippen molar-refractivity contribution in [3.05, 3.63) is 89.7 Å². The monoisotopic (exact) mass is 401 g/mol. The van der Waals surface area contributed by atoms with E-state index in [1.165, 1.54) is 6.21 Å². The van der Waals surface area contributed by atoms with Crippen LogP contribution >= 0.6 is 0 Å². The van der Waals surface area contributed by atoms with Crippen molar-refractivity contribution in [2.75, 3.05) is 0 Å². The molecule has 1 N–H and O–H groups in total. The average molecular weight is 401 g/mol. The van der Waals surface area contributed by atoms with Crippen molar-refractivity contribution in [1.29, 1.82) is 0 Å². The number of carbonyl (C=O) groups is 2. The summed E-state index contributed by atoms with van der Waals surface area (Å²) in [4.78, 5) is 25.2. The Bertz CT molecular complexity index is 1060. The molecule has 7 nitrogen and oxygen atoms in total. The van der Waals surface area contributed by atoms with Crippen LogP contribution in [-0.4, -0.2) is 38.5 Å². The molecule has 1 aliphatic rings. The van der Waals surface area contributed by atoms with Crippen LogP contribution in [0.5, 0.6) is 0 Å². The number of aromatic nitrogens is 2. The van der Waals surface area contributed by atoms with E-state index in [1.54, 1.807) is 17.8 Å². The third-order valence-electron chi connectivity index (χ3n) is 5.16. The minimum absolute atomic E-state index is 0.351. The molecule has 1 aromatic heterocycles. The molecule has 1 aliphatic heterocycles. The minimum Gasteiger partial charge on any atom is -0.322 e. The molecule has 0 aliphatic carbocycles. The summed E-state index contributed by atoms with van der Waals surface area (Å²) >= 11 is 0. The summed E-state index contributed by atoms with van der Waals surface area (Å²) in [5, 5.41) is 12.1. The van der Waals surface area contributed by atoms with E-state index in [-0.39, 0.29) is 5.91 Å². The van der Waals surface area contributed by atoms with E-state index in [0.29, 0.717) is 24.9 Å². The number of nitrogens with one attached hydrogen (secondary N) is 1. The number of hydrogen-bond acceptors (Lipinski definition) is 4. The van der Waals surface area contributed by atoms with Gasteiger partial charge in [-0.2, -0.15) is 10.2 Å². The number of nitrogens with zero attached hydrogens (tertiary/aromatic N) is 4. The molecule has 0 spiro atoms. The SMILES string of the molecule is C[C@]1(CCc2ccccc2)NC(=O)N(/N=C\c2cnn(Cc3ccccc3)c2)C1=O. The van der Waals surface area contributed by atoms with Crippen LogP contribution in [0.15, 0.2) is 78.2 Å². The van der Waals surface area contributed by atoms with Gasteiger partial charge in [-0.15, -0.1) is 5.01 Å². The van der Waals surface area contributed by atoms with Crippen molar-refractivity contribution in [3.8, 4) is 0 Å². The van der Waals surface area contributed by atoms with Gasteiger partial charge in [0.25, 0.3) is 5.91 Å². The number of benzene rings is 2. The number of carbonyl (C=O) groups excluding carboxylic acids is 2. The van der Waals surface area contributed by atoms with Crippen molar-refractivity contribution >= 4 is 18.2 Å². The highest BCUT2D eigenvalue weighted by atomic mass is 16.2. The van der Waals surface area contributed by atoms with Crippen molar-refractivity contribution in [2.45, 2.75) is 31.8 Å². The number of hydrogen-bond donors (Lipinski definition) is 1. The molecule has 30 heavy (non-hydrogen) atoms. The van der Waals surface area contributed by atoms with Crippen molar-refractivity contribution < 1.29 is 9.59 Å². The fraction of sp³-hybridized carbons (Fsp3) is 0.217. The lowest BCUT2D eigenvalue weighted by Gasteiger charge is -2.20. The van der Waals surface area contributed by atoms with Crippen LogP contribution in [0.3, 0.4) is 0 Å². The summed E-state index contributed by atoms with van der Waals surface area (Å²) in [5.41, 5.74) is 1.99. The third kappa shape index (κ3) is 4.30. The quantitative estimate of drug-likeness (QED) is 0.488. The van der Waals surface area contributed by atoms with E-state index < -0.39 is 11.6 Å². The Hall–Kier alpha value is -3.74. The number of amides is 3. The van der Waals surface area contributed by atoms with Crippen LogP contribution in [0.1, 0.15) is 30.0 Å². The van der Waals surface area contributed by atoms with Gasteiger partial charge in [-0.1, -0.05) is 60.7 Å². The highest BCUT2D eigenvalue weighted by Gasteiger charge is 2.47. The molecule has 2 aromatic carbocycles. The Morgan fingerprint density at radius 3 is 2.40 bits per heavy atom. The number of urea groups is 1. The first-order valence-electron chi connectivity index (χ1n) is 9.84. The van der Waals surface area contributed by atoms with Gasteiger partial charge < -0.3 is 5.32 Å². The van der Waals surface area contributed by atoms with Gasteiger partial charge >= 0.3 is 6.03 Å². The van der Waals surface area contributed by atoms with Crippen molar-refractivity contribution in [2.24, 2.45) is 5.10 Å². The summed E-state index contributed by atoms with van der Waals surface area (Å²) < 4.78 is 1.78. The summed E-state index contributed by atoms with van der Waals surface area (Å²) in [5.74, 6) is -0.351. The number of rotatable bonds is 7. The maximum Gasteiger partial charge on any atom is 0.346 e. The largest absolute Gasteiger partial charge is 0.346 e. The first-order chi connectivity index (χ1) is 14.5. The predicted octanol–water partition coefficient (Wildman–Crippen LogP) is 3.21. The normalized spacial score (nSPS) is 18.9. The van der Waals surface area contributed by atoms with E-state index in [2.05, 4.69) is 15.5 Å². The van der Waals surface area contributed by atoms with Crippen LogP contribution in [-0.2, 0) is 17.8 Å². The van der Waals surface area contributed by atoms with E-state index in [1.807, 2.05) is 66.9 Å². The molecular formula is C23H23N5O2. The van der Waals surface area contributed by atoms with Crippen LogP contribution in [0.4, 0.5) is 4.79 Å². The molecule has 0 radical (unpaired) electrons. The lowest BCUT2D eigenvalue weighted by Crippen LogP contribution is -2.44. The molecule has 152 valence electrons. The second-order valence-electron chi connectivity index (χ2n) is 7.57. The molecular weight excluding hydrogens is 378 g/mol. The Kier molecular flexibility index (Phi) is 5.43. The van der Waals surface area contributed by atoms with Gasteiger partial charge in [0.1, 0.15) is 5.54 Å². The van der Waals surface area contributed by atoms with Crippen molar-refractivity contribution in [1.82, 2.24) is 20.1 Å². The fourth-order valence-corrected chi connectivity index (χ4v) is 3.41. The first kappa shape index (κ1) is 19.6. The second-order valence-corrected chi connectivity index (χ2v) is 7.57. The summed E-state index contributed by atoms with van der Waals surface area (Å²) in [7, 11) is 0. The summed E-state index contributed by atoms with van der Waals surface area (Å²) in [6.07, 6.45) is 6.15. The van der Waals surface area contributed by atoms with Gasteiger partial charge in [-0.25, -0.2) is 4.79 Å². The smallest absolute Gasteiger partial charge is 0.322 e. The Morgan fingerprint density at radius 1 is 1.03 bits per heavy atom. The van der Waals surface area contributed by atoms with E-state index >= 15 is 0 Å². The maximum absolute atomic E-state index is 12.8. The highest BCUT2D eigenvalue weighted by Crippen LogP contribution is 2.23. The standard InChI is InChI=1S/C23H23N5O2/c1-23(13-12-18-8-4-2-5-9-18)21(29)28(22(30)26-23)25-15-20-14-24-27(17-20)16-19-10-6-3-7-11-19/h2-11,14-15,17H,12-13,16H2,1H3,(H,26,30)/b25-15-/t23-/m1/s1. The van der Waals surface area contributed by atoms with Gasteiger partial charge in [-0.05, 0) is 30.9 Å². The lowest BCUT2D eigenvalue weighted by molar-refractivity contribution is -0.130. The molecule has 2 heterocycles. The van der Waals surface area contributed by atoms with E-state index in [4.69, 9.17) is 0 Å². The average Bonchev–Trinajstić information content (AvgIpc) is 3.29. The van der Waals surface area contributed by atoms with Gasteiger partial charge in [0.05, 0.1) is 19.0 Å². The number of imide groups is 1. The molecule has 3 amide bonds. The molecule has 1 atom stereocenters. The minimum atomic E-state index is -0.970. The molecule has 0 bridgehead atoms. The molecule has 1 fully saturated rings. The van der Waals surface area contributed by atoms with E-state index in [0.717, 1.165) is 16.1 Å². The number of aryl methyl sites for hydroxylation is 1. The fourth-order valence-electron chi connectivity index (χ4n) is 3.41. The molecule has 3 aromatic rings. The topological polar surface area (TPSA) is 79.6 Å². The second kappa shape index (κ2) is 8.32. The van der Waals surface area contributed by atoms with Gasteiger partial charge in [0.15, 0.2) is 0 Å². The lowest BCUT2D eigenvalue weighted by atomic mass is 9.93. The van der Waals surface area contributed by atoms with Crippen LogP contribution in [0.2, 0.25) is 0 Å². The van der Waals surface area contributed by atoms with Gasteiger partial charge in [0, 0.05) is 11.8 Å². The zero-order chi connectivity index (χ0) is 21.0. The third-order valence-corrected chi connectivity index (χ3v) is 5.16. The van der Waals surface area contributed by atoms with Gasteiger partial charge in [-0.3, -0.25) is 9.48 Å². The first-order valence-corrected chi connectivity index (χ1v) is 9.84. The molecule has 0 saturated carbocycles. The summed E-state index contributed by atoms with van der Waals surface area (Å²) in [6, 6.07) is 19.4. The maximum atomic E-state index is 12.8. The van der Waals surface area contributed by atoms with E-state index in [9.17, 15) is 9.59 Å². The van der Waals surface area contributed by atoms with Crippen molar-refractivity contribution in [3.63, 3.8) is 0 Å².